The van der Waals surface area contributed by atoms with Crippen LogP contribution in [0.25, 0.3) is 0 Å². The van der Waals surface area contributed by atoms with Gasteiger partial charge in [0.1, 0.15) is 6.33 Å². The predicted molar refractivity (Wildman–Crippen MR) is 75.2 cm³/mol. The Morgan fingerprint density at radius 3 is 2.21 bits per heavy atom. The van der Waals surface area contributed by atoms with E-state index in [2.05, 4.69) is 29.1 Å². The van der Waals surface area contributed by atoms with E-state index in [9.17, 15) is 4.79 Å². The first kappa shape index (κ1) is 13.2. The van der Waals surface area contributed by atoms with Gasteiger partial charge in [0.25, 0.3) is 5.91 Å². The zero-order valence-corrected chi connectivity index (χ0v) is 11.2. The second kappa shape index (κ2) is 6.09. The average molecular weight is 255 g/mol. The molecular weight excluding hydrogens is 238 g/mol. The minimum Gasteiger partial charge on any atom is -0.321 e. The minimum atomic E-state index is -0.170. The van der Waals surface area contributed by atoms with Crippen LogP contribution < -0.4 is 5.32 Å². The largest absolute Gasteiger partial charge is 0.321 e. The van der Waals surface area contributed by atoms with Gasteiger partial charge in [0.15, 0.2) is 0 Å². The molecule has 19 heavy (non-hydrogen) atoms. The number of rotatable bonds is 4. The van der Waals surface area contributed by atoms with Gasteiger partial charge in [0.2, 0.25) is 0 Å². The van der Waals surface area contributed by atoms with Crippen LogP contribution in [0, 0.1) is 0 Å². The van der Waals surface area contributed by atoms with Gasteiger partial charge in [-0.15, -0.1) is 0 Å². The lowest BCUT2D eigenvalue weighted by Gasteiger charge is -2.14. The van der Waals surface area contributed by atoms with Crippen LogP contribution in [0.1, 0.15) is 35.3 Å². The van der Waals surface area contributed by atoms with Gasteiger partial charge < -0.3 is 5.32 Å². The fraction of sp³-hybridized carbons (Fsp3) is 0.267. The highest BCUT2D eigenvalue weighted by Crippen LogP contribution is 2.23. The second-order valence-corrected chi connectivity index (χ2v) is 4.24. The molecule has 98 valence electrons. The van der Waals surface area contributed by atoms with Gasteiger partial charge in [-0.25, -0.2) is 9.97 Å². The van der Waals surface area contributed by atoms with E-state index in [-0.39, 0.29) is 5.91 Å². The Morgan fingerprint density at radius 2 is 1.68 bits per heavy atom. The summed E-state index contributed by atoms with van der Waals surface area (Å²) in [7, 11) is 0. The summed E-state index contributed by atoms with van der Waals surface area (Å²) in [5, 5.41) is 2.98. The van der Waals surface area contributed by atoms with E-state index in [4.69, 9.17) is 0 Å². The second-order valence-electron chi connectivity index (χ2n) is 4.24. The molecule has 0 saturated carbocycles. The number of hydrogen-bond acceptors (Lipinski definition) is 3. The molecule has 0 atom stereocenters. The topological polar surface area (TPSA) is 54.9 Å². The Kier molecular flexibility index (Phi) is 4.23. The van der Waals surface area contributed by atoms with Crippen molar-refractivity contribution < 1.29 is 4.79 Å². The summed E-state index contributed by atoms with van der Waals surface area (Å²) in [5.41, 5.74) is 3.67. The molecule has 4 nitrogen and oxygen atoms in total. The van der Waals surface area contributed by atoms with Crippen LogP contribution in [0.5, 0.6) is 0 Å². The molecule has 0 spiro atoms. The highest BCUT2D eigenvalue weighted by atomic mass is 16.1. The number of nitrogens with zero attached hydrogens (tertiary/aromatic N) is 2. The first-order valence-corrected chi connectivity index (χ1v) is 6.43. The molecule has 0 radical (unpaired) electrons. The van der Waals surface area contributed by atoms with Gasteiger partial charge in [-0.1, -0.05) is 32.0 Å². The lowest BCUT2D eigenvalue weighted by Crippen LogP contribution is -2.15. The average Bonchev–Trinajstić information content (AvgIpc) is 2.48. The molecule has 1 heterocycles. The van der Waals surface area contributed by atoms with E-state index in [1.165, 1.54) is 18.7 Å². The molecule has 0 unspecified atom stereocenters. The molecule has 0 saturated heterocycles. The van der Waals surface area contributed by atoms with Crippen LogP contribution in [-0.4, -0.2) is 15.9 Å². The third kappa shape index (κ3) is 2.96. The number of carbonyl (C=O) groups is 1. The summed E-state index contributed by atoms with van der Waals surface area (Å²) in [6.45, 7) is 4.16. The molecule has 0 bridgehead atoms. The molecule has 0 aliphatic carbocycles. The highest BCUT2D eigenvalue weighted by molar-refractivity contribution is 6.04. The van der Waals surface area contributed by atoms with Gasteiger partial charge in [-0.05, 0) is 24.0 Å². The third-order valence-corrected chi connectivity index (χ3v) is 3.06. The van der Waals surface area contributed by atoms with Crippen LogP contribution in [0.2, 0.25) is 0 Å². The number of amides is 1. The van der Waals surface area contributed by atoms with Crippen molar-refractivity contribution in [3.8, 4) is 0 Å². The van der Waals surface area contributed by atoms with Gasteiger partial charge >= 0.3 is 0 Å². The smallest absolute Gasteiger partial charge is 0.258 e. The number of carbonyl (C=O) groups excluding carboxylic acids is 1. The fourth-order valence-electron chi connectivity index (χ4n) is 2.01. The summed E-state index contributed by atoms with van der Waals surface area (Å²) >= 11 is 0. The highest BCUT2D eigenvalue weighted by Gasteiger charge is 2.11. The molecule has 2 aromatic rings. The zero-order chi connectivity index (χ0) is 13.7. The van der Waals surface area contributed by atoms with E-state index in [1.807, 2.05) is 18.2 Å². The Hall–Kier alpha value is -2.23. The van der Waals surface area contributed by atoms with Gasteiger partial charge in [-0.2, -0.15) is 0 Å². The van der Waals surface area contributed by atoms with E-state index in [0.29, 0.717) is 5.56 Å². The van der Waals surface area contributed by atoms with Crippen molar-refractivity contribution in [3.05, 3.63) is 53.6 Å². The van der Waals surface area contributed by atoms with Crippen molar-refractivity contribution in [2.45, 2.75) is 26.7 Å². The Morgan fingerprint density at radius 1 is 1.11 bits per heavy atom. The SMILES string of the molecule is CCc1cccc(CC)c1NC(=O)c1cncnc1. The maximum atomic E-state index is 12.2. The fourth-order valence-corrected chi connectivity index (χ4v) is 2.01. The molecule has 2 rings (SSSR count). The first-order valence-electron chi connectivity index (χ1n) is 6.43. The van der Waals surface area contributed by atoms with E-state index >= 15 is 0 Å². The monoisotopic (exact) mass is 255 g/mol. The minimum absolute atomic E-state index is 0.170. The van der Waals surface area contributed by atoms with Crippen molar-refractivity contribution >= 4 is 11.6 Å². The van der Waals surface area contributed by atoms with Crippen molar-refractivity contribution in [2.75, 3.05) is 5.32 Å². The normalized spacial score (nSPS) is 10.2. The van der Waals surface area contributed by atoms with Crippen LogP contribution in [-0.2, 0) is 12.8 Å². The molecule has 4 heteroatoms. The predicted octanol–water partition coefficient (Wildman–Crippen LogP) is 2.85. The third-order valence-electron chi connectivity index (χ3n) is 3.06. The van der Waals surface area contributed by atoms with Crippen molar-refractivity contribution in [1.82, 2.24) is 9.97 Å². The van der Waals surface area contributed by atoms with Gasteiger partial charge in [0, 0.05) is 18.1 Å². The molecule has 1 aromatic heterocycles. The van der Waals surface area contributed by atoms with E-state index < -0.39 is 0 Å². The Bertz CT molecular complexity index is 545. The number of para-hydroxylation sites is 1. The van der Waals surface area contributed by atoms with Crippen LogP contribution in [0.4, 0.5) is 5.69 Å². The number of anilines is 1. The van der Waals surface area contributed by atoms with E-state index in [1.54, 1.807) is 0 Å². The van der Waals surface area contributed by atoms with Crippen molar-refractivity contribution in [2.24, 2.45) is 0 Å². The molecular formula is C15H17N3O. The molecule has 1 amide bonds. The summed E-state index contributed by atoms with van der Waals surface area (Å²) in [5.74, 6) is -0.170. The standard InChI is InChI=1S/C15H17N3O/c1-3-11-6-5-7-12(4-2)14(11)18-15(19)13-8-16-10-17-9-13/h5-10H,3-4H2,1-2H3,(H,18,19). The van der Waals surface area contributed by atoms with Crippen LogP contribution in [0.15, 0.2) is 36.9 Å². The number of nitrogens with one attached hydrogen (secondary N) is 1. The molecule has 1 aromatic carbocycles. The van der Waals surface area contributed by atoms with Crippen molar-refractivity contribution in [1.29, 1.82) is 0 Å². The lowest BCUT2D eigenvalue weighted by atomic mass is 10.0. The number of aromatic nitrogens is 2. The summed E-state index contributed by atoms with van der Waals surface area (Å²) in [4.78, 5) is 19.9. The maximum Gasteiger partial charge on any atom is 0.258 e. The summed E-state index contributed by atoms with van der Waals surface area (Å²) < 4.78 is 0. The molecule has 0 fully saturated rings. The maximum absolute atomic E-state index is 12.2. The van der Waals surface area contributed by atoms with Crippen molar-refractivity contribution in [3.63, 3.8) is 0 Å². The van der Waals surface area contributed by atoms with E-state index in [0.717, 1.165) is 29.7 Å². The lowest BCUT2D eigenvalue weighted by molar-refractivity contribution is 0.102. The number of hydrogen-bond donors (Lipinski definition) is 1. The zero-order valence-electron chi connectivity index (χ0n) is 11.2. The van der Waals surface area contributed by atoms with Gasteiger partial charge in [-0.3, -0.25) is 4.79 Å². The molecule has 0 aliphatic rings. The molecule has 0 aliphatic heterocycles. The quantitative estimate of drug-likeness (QED) is 0.914. The summed E-state index contributed by atoms with van der Waals surface area (Å²) in [6.07, 6.45) is 6.21. The molecule has 1 N–H and O–H groups in total. The number of aryl methyl sites for hydroxylation is 2. The van der Waals surface area contributed by atoms with Crippen LogP contribution >= 0.6 is 0 Å². The number of benzene rings is 1. The Balaban J connectivity index is 2.30. The summed E-state index contributed by atoms with van der Waals surface area (Å²) in [6, 6.07) is 6.10. The first-order chi connectivity index (χ1) is 9.26. The van der Waals surface area contributed by atoms with Crippen LogP contribution in [0.3, 0.4) is 0 Å². The van der Waals surface area contributed by atoms with Gasteiger partial charge in [0.05, 0.1) is 5.56 Å². The Labute approximate surface area is 112 Å².